The normalized spacial score (nSPS) is 10.9. The number of hydrogen-bond acceptors (Lipinski definition) is 3. The average molecular weight is 283 g/mol. The van der Waals surface area contributed by atoms with Crippen molar-refractivity contribution in [3.63, 3.8) is 0 Å². The third-order valence-corrected chi connectivity index (χ3v) is 3.41. The molecule has 1 N–H and O–H groups in total. The summed E-state index contributed by atoms with van der Waals surface area (Å²) in [4.78, 5) is 7.08. The molecule has 0 saturated heterocycles. The molecule has 21 heavy (non-hydrogen) atoms. The van der Waals surface area contributed by atoms with Crippen LogP contribution in [0.25, 0.3) is 0 Å². The summed E-state index contributed by atoms with van der Waals surface area (Å²) in [5, 5.41) is 3.41. The first-order valence-corrected chi connectivity index (χ1v) is 7.67. The number of aromatic nitrogens is 1. The molecule has 0 aliphatic rings. The topological polar surface area (TPSA) is 28.2 Å². The average Bonchev–Trinajstić information content (AvgIpc) is 2.52. The van der Waals surface area contributed by atoms with Crippen molar-refractivity contribution < 1.29 is 0 Å². The van der Waals surface area contributed by atoms with Crippen LogP contribution in [0.5, 0.6) is 0 Å². The molecule has 0 aliphatic heterocycles. The van der Waals surface area contributed by atoms with Crippen molar-refractivity contribution in [3.8, 4) is 0 Å². The lowest BCUT2D eigenvalue weighted by atomic mass is 10.2. The molecule has 0 aliphatic carbocycles. The minimum absolute atomic E-state index is 0.474. The van der Waals surface area contributed by atoms with Gasteiger partial charge in [-0.25, -0.2) is 4.98 Å². The Hall–Kier alpha value is -1.87. The Labute approximate surface area is 128 Å². The van der Waals surface area contributed by atoms with E-state index in [1.165, 1.54) is 5.56 Å². The fourth-order valence-corrected chi connectivity index (χ4v) is 2.21. The van der Waals surface area contributed by atoms with E-state index in [9.17, 15) is 0 Å². The highest BCUT2D eigenvalue weighted by Crippen LogP contribution is 2.15. The molecule has 3 heteroatoms. The lowest BCUT2D eigenvalue weighted by Crippen LogP contribution is -2.25. The molecule has 2 aromatic rings. The van der Waals surface area contributed by atoms with Crippen LogP contribution in [0.4, 0.5) is 5.82 Å². The highest BCUT2D eigenvalue weighted by atomic mass is 15.2. The van der Waals surface area contributed by atoms with E-state index < -0.39 is 0 Å². The van der Waals surface area contributed by atoms with Gasteiger partial charge in [-0.15, -0.1) is 0 Å². The van der Waals surface area contributed by atoms with E-state index in [1.807, 2.05) is 0 Å². The van der Waals surface area contributed by atoms with Crippen molar-refractivity contribution in [3.05, 3.63) is 59.8 Å². The van der Waals surface area contributed by atoms with Gasteiger partial charge in [0.05, 0.1) is 5.69 Å². The van der Waals surface area contributed by atoms with Crippen molar-refractivity contribution in [2.75, 3.05) is 11.4 Å². The first kappa shape index (κ1) is 15.5. The summed E-state index contributed by atoms with van der Waals surface area (Å²) in [6.07, 6.45) is 0. The number of rotatable bonds is 7. The molecule has 0 fully saturated rings. The number of benzene rings is 1. The Kier molecular flexibility index (Phi) is 5.76. The van der Waals surface area contributed by atoms with E-state index in [4.69, 9.17) is 4.98 Å². The molecule has 112 valence electrons. The molecule has 0 bridgehead atoms. The first-order chi connectivity index (χ1) is 10.2. The molecule has 0 amide bonds. The Morgan fingerprint density at radius 2 is 1.81 bits per heavy atom. The molecule has 3 nitrogen and oxygen atoms in total. The number of nitrogens with one attached hydrogen (secondary N) is 1. The van der Waals surface area contributed by atoms with Crippen LogP contribution in [-0.4, -0.2) is 17.6 Å². The Morgan fingerprint density at radius 3 is 2.48 bits per heavy atom. The number of pyridine rings is 1. The van der Waals surface area contributed by atoms with Crippen LogP contribution in [0, 0.1) is 0 Å². The predicted octanol–water partition coefficient (Wildman–Crippen LogP) is 3.61. The Balaban J connectivity index is 2.09. The summed E-state index contributed by atoms with van der Waals surface area (Å²) in [5.74, 6) is 1.05. The molecule has 2 rings (SSSR count). The van der Waals surface area contributed by atoms with Gasteiger partial charge >= 0.3 is 0 Å². The van der Waals surface area contributed by atoms with Crippen molar-refractivity contribution in [1.82, 2.24) is 10.3 Å². The van der Waals surface area contributed by atoms with Crippen molar-refractivity contribution in [2.24, 2.45) is 0 Å². The van der Waals surface area contributed by atoms with Gasteiger partial charge < -0.3 is 10.2 Å². The van der Waals surface area contributed by atoms with Gasteiger partial charge in [-0.1, -0.05) is 50.2 Å². The second-order valence-corrected chi connectivity index (χ2v) is 5.52. The number of anilines is 1. The van der Waals surface area contributed by atoms with E-state index in [1.54, 1.807) is 0 Å². The van der Waals surface area contributed by atoms with E-state index in [-0.39, 0.29) is 0 Å². The van der Waals surface area contributed by atoms with Gasteiger partial charge in [0, 0.05) is 25.7 Å². The van der Waals surface area contributed by atoms with Gasteiger partial charge in [0.25, 0.3) is 0 Å². The van der Waals surface area contributed by atoms with Gasteiger partial charge in [0.1, 0.15) is 5.82 Å². The van der Waals surface area contributed by atoms with Crippen LogP contribution < -0.4 is 10.2 Å². The van der Waals surface area contributed by atoms with Crippen LogP contribution >= 0.6 is 0 Å². The molecular formula is C18H25N3. The van der Waals surface area contributed by atoms with Crippen LogP contribution in [0.15, 0.2) is 48.5 Å². The van der Waals surface area contributed by atoms with Crippen LogP contribution in [0.2, 0.25) is 0 Å². The Morgan fingerprint density at radius 1 is 1.05 bits per heavy atom. The lowest BCUT2D eigenvalue weighted by Gasteiger charge is -2.22. The zero-order chi connectivity index (χ0) is 15.1. The van der Waals surface area contributed by atoms with Gasteiger partial charge in [-0.2, -0.15) is 0 Å². The van der Waals surface area contributed by atoms with E-state index in [2.05, 4.69) is 79.5 Å². The summed E-state index contributed by atoms with van der Waals surface area (Å²) in [7, 11) is 0. The van der Waals surface area contributed by atoms with Gasteiger partial charge in [0.15, 0.2) is 0 Å². The molecule has 1 heterocycles. The van der Waals surface area contributed by atoms with E-state index in [0.717, 1.165) is 31.1 Å². The molecule has 0 unspecified atom stereocenters. The lowest BCUT2D eigenvalue weighted by molar-refractivity contribution is 0.581. The zero-order valence-corrected chi connectivity index (χ0v) is 13.2. The zero-order valence-electron chi connectivity index (χ0n) is 13.2. The van der Waals surface area contributed by atoms with Crippen LogP contribution in [0.1, 0.15) is 32.0 Å². The van der Waals surface area contributed by atoms with Gasteiger partial charge in [-0.05, 0) is 24.6 Å². The first-order valence-electron chi connectivity index (χ1n) is 7.67. The summed E-state index contributed by atoms with van der Waals surface area (Å²) >= 11 is 0. The van der Waals surface area contributed by atoms with Crippen molar-refractivity contribution in [2.45, 2.75) is 39.9 Å². The molecular weight excluding hydrogens is 258 g/mol. The van der Waals surface area contributed by atoms with E-state index in [0.29, 0.717) is 6.04 Å². The van der Waals surface area contributed by atoms with Crippen LogP contribution in [0.3, 0.4) is 0 Å². The number of hydrogen-bond donors (Lipinski definition) is 1. The Bertz CT molecular complexity index is 537. The fraction of sp³-hybridized carbons (Fsp3) is 0.389. The molecule has 1 aromatic heterocycles. The number of nitrogens with zero attached hydrogens (tertiary/aromatic N) is 2. The standard InChI is InChI=1S/C18H25N3/c1-4-21(14-16-9-6-5-7-10-16)18-12-8-11-17(20-18)13-19-15(2)3/h5-12,15,19H,4,13-14H2,1-3H3. The highest BCUT2D eigenvalue weighted by Gasteiger charge is 2.07. The highest BCUT2D eigenvalue weighted by molar-refractivity contribution is 5.40. The summed E-state index contributed by atoms with van der Waals surface area (Å²) < 4.78 is 0. The summed E-state index contributed by atoms with van der Waals surface area (Å²) in [6, 6.07) is 17.3. The maximum atomic E-state index is 4.78. The van der Waals surface area contributed by atoms with Crippen molar-refractivity contribution >= 4 is 5.82 Å². The smallest absolute Gasteiger partial charge is 0.129 e. The quantitative estimate of drug-likeness (QED) is 0.841. The fourth-order valence-electron chi connectivity index (χ4n) is 2.21. The maximum Gasteiger partial charge on any atom is 0.129 e. The van der Waals surface area contributed by atoms with Gasteiger partial charge in [-0.3, -0.25) is 0 Å². The minimum Gasteiger partial charge on any atom is -0.353 e. The third-order valence-electron chi connectivity index (χ3n) is 3.41. The molecule has 0 spiro atoms. The molecule has 0 saturated carbocycles. The second-order valence-electron chi connectivity index (χ2n) is 5.52. The third kappa shape index (κ3) is 4.87. The molecule has 1 aromatic carbocycles. The summed E-state index contributed by atoms with van der Waals surface area (Å²) in [6.45, 7) is 9.13. The SMILES string of the molecule is CCN(Cc1ccccc1)c1cccc(CNC(C)C)n1. The second kappa shape index (κ2) is 7.79. The maximum absolute atomic E-state index is 4.78. The minimum atomic E-state index is 0.474. The van der Waals surface area contributed by atoms with Crippen molar-refractivity contribution in [1.29, 1.82) is 0 Å². The van der Waals surface area contributed by atoms with E-state index >= 15 is 0 Å². The largest absolute Gasteiger partial charge is 0.353 e. The van der Waals surface area contributed by atoms with Crippen LogP contribution in [-0.2, 0) is 13.1 Å². The molecule has 0 radical (unpaired) electrons. The predicted molar refractivity (Wildman–Crippen MR) is 89.4 cm³/mol. The monoisotopic (exact) mass is 283 g/mol. The van der Waals surface area contributed by atoms with Gasteiger partial charge in [0.2, 0.25) is 0 Å². The summed E-state index contributed by atoms with van der Waals surface area (Å²) in [5.41, 5.74) is 2.40. The molecule has 0 atom stereocenters.